The van der Waals surface area contributed by atoms with Gasteiger partial charge in [-0.2, -0.15) is 0 Å². The molecule has 1 unspecified atom stereocenters. The Morgan fingerprint density at radius 2 is 1.42 bits per heavy atom. The van der Waals surface area contributed by atoms with Gasteiger partial charge in [0.05, 0.1) is 0 Å². The average Bonchev–Trinajstić information content (AvgIpc) is 2.82. The van der Waals surface area contributed by atoms with Crippen LogP contribution in [0.25, 0.3) is 0 Å². The molecule has 0 spiro atoms. The molecule has 0 heterocycles. The van der Waals surface area contributed by atoms with Gasteiger partial charge in [-0.1, -0.05) is 91.4 Å². The van der Waals surface area contributed by atoms with Crippen LogP contribution in [0, 0.1) is 11.3 Å². The quantitative estimate of drug-likeness (QED) is 0.349. The Bertz CT molecular complexity index is 200. The monoisotopic (exact) mass is 266 g/mol. The van der Waals surface area contributed by atoms with Crippen molar-refractivity contribution in [3.05, 3.63) is 0 Å². The van der Waals surface area contributed by atoms with Gasteiger partial charge in [0.25, 0.3) is 0 Å². The molecule has 0 N–H and O–H groups in total. The molecule has 0 aliphatic heterocycles. The average molecular weight is 267 g/mol. The largest absolute Gasteiger partial charge is 0.0654 e. The maximum atomic E-state index is 2.52. The molecule has 1 fully saturated rings. The first kappa shape index (κ1) is 17.1. The standard InChI is InChI=1S/C19H38/c1-4-5-6-7-8-13-18(2)14-9-10-15-19(3)16-11-12-17-19/h18H,4-17H2,1-3H3. The summed E-state index contributed by atoms with van der Waals surface area (Å²) in [6.45, 7) is 7.29. The first-order valence-electron chi connectivity index (χ1n) is 9.16. The van der Waals surface area contributed by atoms with Gasteiger partial charge < -0.3 is 0 Å². The van der Waals surface area contributed by atoms with Crippen molar-refractivity contribution >= 4 is 0 Å². The van der Waals surface area contributed by atoms with Gasteiger partial charge in [0.15, 0.2) is 0 Å². The molecule has 0 saturated heterocycles. The van der Waals surface area contributed by atoms with Crippen LogP contribution < -0.4 is 0 Å². The van der Waals surface area contributed by atoms with Crippen molar-refractivity contribution in [1.29, 1.82) is 0 Å². The Morgan fingerprint density at radius 1 is 0.842 bits per heavy atom. The molecule has 1 aliphatic carbocycles. The smallest absolute Gasteiger partial charge is 0.0326 e. The predicted molar refractivity (Wildman–Crippen MR) is 87.6 cm³/mol. The van der Waals surface area contributed by atoms with Gasteiger partial charge in [-0.25, -0.2) is 0 Å². The van der Waals surface area contributed by atoms with E-state index in [0.717, 1.165) is 11.3 Å². The molecular formula is C19H38. The second-order valence-corrected chi connectivity index (χ2v) is 7.57. The van der Waals surface area contributed by atoms with Crippen LogP contribution in [-0.2, 0) is 0 Å². The summed E-state index contributed by atoms with van der Waals surface area (Å²) >= 11 is 0. The van der Waals surface area contributed by atoms with Gasteiger partial charge in [-0.15, -0.1) is 0 Å². The van der Waals surface area contributed by atoms with Crippen molar-refractivity contribution < 1.29 is 0 Å². The van der Waals surface area contributed by atoms with Crippen molar-refractivity contribution in [3.8, 4) is 0 Å². The Balaban J connectivity index is 1.90. The van der Waals surface area contributed by atoms with Crippen LogP contribution in [0.3, 0.4) is 0 Å². The van der Waals surface area contributed by atoms with Gasteiger partial charge in [0.1, 0.15) is 0 Å². The molecular weight excluding hydrogens is 228 g/mol. The molecule has 0 aromatic carbocycles. The molecule has 0 aromatic rings. The molecule has 0 amide bonds. The topological polar surface area (TPSA) is 0 Å². The molecule has 1 saturated carbocycles. The zero-order valence-electron chi connectivity index (χ0n) is 14.0. The first-order chi connectivity index (χ1) is 9.16. The van der Waals surface area contributed by atoms with Crippen molar-refractivity contribution in [3.63, 3.8) is 0 Å². The molecule has 0 radical (unpaired) electrons. The number of unbranched alkanes of at least 4 members (excludes halogenated alkanes) is 5. The van der Waals surface area contributed by atoms with Crippen molar-refractivity contribution in [2.24, 2.45) is 11.3 Å². The molecule has 19 heavy (non-hydrogen) atoms. The van der Waals surface area contributed by atoms with E-state index in [2.05, 4.69) is 20.8 Å². The van der Waals surface area contributed by atoms with E-state index in [1.54, 1.807) is 0 Å². The van der Waals surface area contributed by atoms with Crippen molar-refractivity contribution in [2.45, 2.75) is 111 Å². The van der Waals surface area contributed by atoms with Crippen LogP contribution in [0.5, 0.6) is 0 Å². The highest BCUT2D eigenvalue weighted by molar-refractivity contribution is 4.80. The van der Waals surface area contributed by atoms with E-state index in [-0.39, 0.29) is 0 Å². The minimum absolute atomic E-state index is 0.726. The van der Waals surface area contributed by atoms with Gasteiger partial charge in [-0.05, 0) is 30.6 Å². The van der Waals surface area contributed by atoms with E-state index in [0.29, 0.717) is 0 Å². The van der Waals surface area contributed by atoms with Gasteiger partial charge in [-0.3, -0.25) is 0 Å². The summed E-state index contributed by atoms with van der Waals surface area (Å²) in [5, 5.41) is 0. The van der Waals surface area contributed by atoms with Gasteiger partial charge in [0, 0.05) is 0 Å². The lowest BCUT2D eigenvalue weighted by Crippen LogP contribution is -2.10. The van der Waals surface area contributed by atoms with E-state index in [1.807, 2.05) is 0 Å². The lowest BCUT2D eigenvalue weighted by molar-refractivity contribution is 0.289. The van der Waals surface area contributed by atoms with E-state index in [1.165, 1.54) is 89.9 Å². The predicted octanol–water partition coefficient (Wildman–Crippen LogP) is 7.12. The van der Waals surface area contributed by atoms with Crippen LogP contribution in [0.2, 0.25) is 0 Å². The first-order valence-corrected chi connectivity index (χ1v) is 9.16. The molecule has 1 aliphatic rings. The van der Waals surface area contributed by atoms with Crippen molar-refractivity contribution in [2.75, 3.05) is 0 Å². The molecule has 0 nitrogen and oxygen atoms in total. The third-order valence-corrected chi connectivity index (χ3v) is 5.34. The van der Waals surface area contributed by atoms with E-state index < -0.39 is 0 Å². The molecule has 1 atom stereocenters. The number of rotatable bonds is 11. The zero-order chi connectivity index (χ0) is 14.0. The SMILES string of the molecule is CCCCCCCC(C)CCCCC1(C)CCCC1. The lowest BCUT2D eigenvalue weighted by atomic mass is 9.82. The fraction of sp³-hybridized carbons (Fsp3) is 1.00. The normalized spacial score (nSPS) is 19.7. The molecule has 0 bridgehead atoms. The minimum atomic E-state index is 0.726. The zero-order valence-corrected chi connectivity index (χ0v) is 14.0. The Hall–Kier alpha value is 0. The van der Waals surface area contributed by atoms with Crippen molar-refractivity contribution in [1.82, 2.24) is 0 Å². The second kappa shape index (κ2) is 9.83. The highest BCUT2D eigenvalue weighted by Crippen LogP contribution is 2.41. The van der Waals surface area contributed by atoms with Gasteiger partial charge in [0.2, 0.25) is 0 Å². The van der Waals surface area contributed by atoms with Crippen LogP contribution in [0.1, 0.15) is 111 Å². The molecule has 1 rings (SSSR count). The Morgan fingerprint density at radius 3 is 2.05 bits per heavy atom. The summed E-state index contributed by atoms with van der Waals surface area (Å²) < 4.78 is 0. The van der Waals surface area contributed by atoms with Crippen LogP contribution >= 0.6 is 0 Å². The molecule has 0 heteroatoms. The third kappa shape index (κ3) is 8.00. The van der Waals surface area contributed by atoms with E-state index in [9.17, 15) is 0 Å². The summed E-state index contributed by atoms with van der Waals surface area (Å²) in [6, 6.07) is 0. The van der Waals surface area contributed by atoms with Crippen LogP contribution in [-0.4, -0.2) is 0 Å². The maximum Gasteiger partial charge on any atom is -0.0326 e. The highest BCUT2D eigenvalue weighted by Gasteiger charge is 2.27. The minimum Gasteiger partial charge on any atom is -0.0654 e. The summed E-state index contributed by atoms with van der Waals surface area (Å²) in [4.78, 5) is 0. The van der Waals surface area contributed by atoms with Crippen LogP contribution in [0.15, 0.2) is 0 Å². The van der Waals surface area contributed by atoms with Crippen LogP contribution in [0.4, 0.5) is 0 Å². The Labute approximate surface area is 122 Å². The summed E-state index contributed by atoms with van der Waals surface area (Å²) in [7, 11) is 0. The maximum absolute atomic E-state index is 2.52. The number of hydrogen-bond acceptors (Lipinski definition) is 0. The lowest BCUT2D eigenvalue weighted by Gasteiger charge is -2.23. The van der Waals surface area contributed by atoms with E-state index >= 15 is 0 Å². The summed E-state index contributed by atoms with van der Waals surface area (Å²) in [6.07, 6.45) is 20.6. The highest BCUT2D eigenvalue weighted by atomic mass is 14.3. The fourth-order valence-corrected chi connectivity index (χ4v) is 3.76. The molecule has 114 valence electrons. The third-order valence-electron chi connectivity index (χ3n) is 5.34. The van der Waals surface area contributed by atoms with Gasteiger partial charge >= 0.3 is 0 Å². The summed E-state index contributed by atoms with van der Waals surface area (Å²) in [5.41, 5.74) is 0.726. The fourth-order valence-electron chi connectivity index (χ4n) is 3.76. The number of hydrogen-bond donors (Lipinski definition) is 0. The Kier molecular flexibility index (Phi) is 8.83. The molecule has 0 aromatic heterocycles. The van der Waals surface area contributed by atoms with E-state index in [4.69, 9.17) is 0 Å². The summed E-state index contributed by atoms with van der Waals surface area (Å²) in [5.74, 6) is 0.970. The second-order valence-electron chi connectivity index (χ2n) is 7.57.